The Morgan fingerprint density at radius 2 is 1.84 bits per heavy atom. The summed E-state index contributed by atoms with van der Waals surface area (Å²) in [4.78, 5) is 12.2. The molecule has 1 unspecified atom stereocenters. The van der Waals surface area contributed by atoms with Crippen molar-refractivity contribution in [1.82, 2.24) is 10.6 Å². The lowest BCUT2D eigenvalue weighted by Crippen LogP contribution is -2.28. The van der Waals surface area contributed by atoms with Gasteiger partial charge >= 0.3 is 0 Å². The first kappa shape index (κ1) is 18.3. The number of nitrogens with one attached hydrogen (secondary N) is 2. The van der Waals surface area contributed by atoms with Crippen LogP contribution in [0.25, 0.3) is 0 Å². The Kier molecular flexibility index (Phi) is 6.79. The maximum atomic E-state index is 12.2. The summed E-state index contributed by atoms with van der Waals surface area (Å²) in [7, 11) is 0. The highest BCUT2D eigenvalue weighted by atomic mass is 16.1. The highest BCUT2D eigenvalue weighted by Gasteiger charge is 2.13. The fourth-order valence-electron chi connectivity index (χ4n) is 2.52. The molecule has 4 heteroatoms. The van der Waals surface area contributed by atoms with Gasteiger partial charge in [0, 0.05) is 12.7 Å². The lowest BCUT2D eigenvalue weighted by molar-refractivity contribution is -0.117. The predicted molar refractivity (Wildman–Crippen MR) is 99.6 cm³/mol. The number of carbonyl (C=O) groups excluding carboxylic acids is 1. The molecule has 2 aromatic rings. The standard InChI is InChI=1S/C21H23N3O/c1-16-8-6-7-9-18(16)12-13-23-15-20(14-22)21(25)24-17(2)19-10-4-3-5-11-19/h3-11,15,17,23H,12-13H2,1-2H3,(H,24,25)/b20-15-. The molecule has 0 aromatic heterocycles. The van der Waals surface area contributed by atoms with Crippen molar-refractivity contribution < 1.29 is 4.79 Å². The van der Waals surface area contributed by atoms with Gasteiger partial charge in [0.15, 0.2) is 0 Å². The normalized spacial score (nSPS) is 12.1. The Bertz CT molecular complexity index is 775. The summed E-state index contributed by atoms with van der Waals surface area (Å²) in [6.07, 6.45) is 2.33. The van der Waals surface area contributed by atoms with Crippen LogP contribution in [0.3, 0.4) is 0 Å². The highest BCUT2D eigenvalue weighted by Crippen LogP contribution is 2.11. The second kappa shape index (κ2) is 9.29. The topological polar surface area (TPSA) is 64.9 Å². The number of hydrogen-bond donors (Lipinski definition) is 2. The van der Waals surface area contributed by atoms with Gasteiger partial charge in [0.25, 0.3) is 5.91 Å². The van der Waals surface area contributed by atoms with Crippen molar-refractivity contribution in [1.29, 1.82) is 5.26 Å². The summed E-state index contributed by atoms with van der Waals surface area (Å²) in [5.74, 6) is -0.373. The van der Waals surface area contributed by atoms with E-state index in [1.54, 1.807) is 0 Å². The maximum Gasteiger partial charge on any atom is 0.263 e. The molecule has 2 aromatic carbocycles. The molecule has 0 aliphatic carbocycles. The molecule has 0 saturated heterocycles. The summed E-state index contributed by atoms with van der Waals surface area (Å²) in [6, 6.07) is 19.6. The minimum absolute atomic E-state index is 0.0764. The van der Waals surface area contributed by atoms with Crippen molar-refractivity contribution in [3.8, 4) is 6.07 Å². The molecule has 2 rings (SSSR count). The molecule has 1 amide bonds. The van der Waals surface area contributed by atoms with Crippen LogP contribution in [0.1, 0.15) is 29.7 Å². The summed E-state index contributed by atoms with van der Waals surface area (Å²) in [6.45, 7) is 4.63. The van der Waals surface area contributed by atoms with Crippen LogP contribution in [-0.2, 0) is 11.2 Å². The van der Waals surface area contributed by atoms with E-state index in [2.05, 4.69) is 29.7 Å². The molecule has 128 valence electrons. The number of hydrogen-bond acceptors (Lipinski definition) is 3. The average molecular weight is 333 g/mol. The number of benzene rings is 2. The quantitative estimate of drug-likeness (QED) is 0.464. The molecule has 4 nitrogen and oxygen atoms in total. The monoisotopic (exact) mass is 333 g/mol. The Labute approximate surface area is 149 Å². The average Bonchev–Trinajstić information content (AvgIpc) is 2.63. The van der Waals surface area contributed by atoms with E-state index in [-0.39, 0.29) is 17.5 Å². The van der Waals surface area contributed by atoms with Crippen LogP contribution in [-0.4, -0.2) is 12.5 Å². The third-order valence-electron chi connectivity index (χ3n) is 4.06. The van der Waals surface area contributed by atoms with E-state index >= 15 is 0 Å². The van der Waals surface area contributed by atoms with Gasteiger partial charge in [-0.1, -0.05) is 54.6 Å². The number of aryl methyl sites for hydroxylation is 1. The van der Waals surface area contributed by atoms with Gasteiger partial charge in [-0.05, 0) is 37.0 Å². The Hall–Kier alpha value is -3.06. The summed E-state index contributed by atoms with van der Waals surface area (Å²) >= 11 is 0. The number of carbonyl (C=O) groups is 1. The zero-order chi connectivity index (χ0) is 18.1. The molecule has 0 fully saturated rings. The highest BCUT2D eigenvalue weighted by molar-refractivity contribution is 5.97. The summed E-state index contributed by atoms with van der Waals surface area (Å²) in [5, 5.41) is 15.1. The first-order valence-electron chi connectivity index (χ1n) is 8.35. The van der Waals surface area contributed by atoms with Gasteiger partial charge in [0.2, 0.25) is 0 Å². The smallest absolute Gasteiger partial charge is 0.263 e. The van der Waals surface area contributed by atoms with Crippen molar-refractivity contribution >= 4 is 5.91 Å². The van der Waals surface area contributed by atoms with Gasteiger partial charge in [-0.25, -0.2) is 0 Å². The van der Waals surface area contributed by atoms with E-state index in [4.69, 9.17) is 0 Å². The lowest BCUT2D eigenvalue weighted by atomic mass is 10.1. The van der Waals surface area contributed by atoms with E-state index in [1.165, 1.54) is 17.3 Å². The van der Waals surface area contributed by atoms with Gasteiger partial charge in [-0.2, -0.15) is 5.26 Å². The van der Waals surface area contributed by atoms with Gasteiger partial charge in [-0.3, -0.25) is 4.79 Å². The van der Waals surface area contributed by atoms with Crippen LogP contribution in [0.2, 0.25) is 0 Å². The molecule has 0 radical (unpaired) electrons. The lowest BCUT2D eigenvalue weighted by Gasteiger charge is -2.13. The SMILES string of the molecule is Cc1ccccc1CCN/C=C(/C#N)C(=O)NC(C)c1ccccc1. The Morgan fingerprint density at radius 1 is 1.16 bits per heavy atom. The van der Waals surface area contributed by atoms with Crippen LogP contribution in [0.5, 0.6) is 0 Å². The van der Waals surface area contributed by atoms with Crippen LogP contribution in [0.4, 0.5) is 0 Å². The van der Waals surface area contributed by atoms with Crippen molar-refractivity contribution in [2.45, 2.75) is 26.3 Å². The van der Waals surface area contributed by atoms with E-state index in [9.17, 15) is 10.1 Å². The fraction of sp³-hybridized carbons (Fsp3) is 0.238. The number of nitrogens with zero attached hydrogens (tertiary/aromatic N) is 1. The minimum atomic E-state index is -0.373. The van der Waals surface area contributed by atoms with E-state index < -0.39 is 0 Å². The van der Waals surface area contributed by atoms with Crippen LogP contribution < -0.4 is 10.6 Å². The van der Waals surface area contributed by atoms with Gasteiger partial charge < -0.3 is 10.6 Å². The molecular formula is C21H23N3O. The largest absolute Gasteiger partial charge is 0.389 e. The Morgan fingerprint density at radius 3 is 2.52 bits per heavy atom. The second-order valence-corrected chi connectivity index (χ2v) is 5.91. The molecule has 0 spiro atoms. The van der Waals surface area contributed by atoms with Gasteiger partial charge in [-0.15, -0.1) is 0 Å². The first-order valence-corrected chi connectivity index (χ1v) is 8.35. The van der Waals surface area contributed by atoms with Gasteiger partial charge in [0.1, 0.15) is 11.6 Å². The number of rotatable bonds is 7. The minimum Gasteiger partial charge on any atom is -0.389 e. The van der Waals surface area contributed by atoms with Crippen molar-refractivity contribution in [3.05, 3.63) is 83.1 Å². The maximum absolute atomic E-state index is 12.2. The number of nitriles is 1. The third-order valence-corrected chi connectivity index (χ3v) is 4.06. The van der Waals surface area contributed by atoms with Crippen molar-refractivity contribution in [2.24, 2.45) is 0 Å². The van der Waals surface area contributed by atoms with E-state index in [0.717, 1.165) is 12.0 Å². The zero-order valence-electron chi connectivity index (χ0n) is 14.6. The molecule has 25 heavy (non-hydrogen) atoms. The zero-order valence-corrected chi connectivity index (χ0v) is 14.6. The molecule has 0 bridgehead atoms. The van der Waals surface area contributed by atoms with E-state index in [0.29, 0.717) is 6.54 Å². The summed E-state index contributed by atoms with van der Waals surface area (Å²) < 4.78 is 0. The van der Waals surface area contributed by atoms with Crippen LogP contribution in [0.15, 0.2) is 66.4 Å². The first-order chi connectivity index (χ1) is 12.1. The molecule has 0 aliphatic heterocycles. The molecule has 0 aliphatic rings. The van der Waals surface area contributed by atoms with Crippen molar-refractivity contribution in [3.63, 3.8) is 0 Å². The molecule has 0 saturated carbocycles. The second-order valence-electron chi connectivity index (χ2n) is 5.91. The van der Waals surface area contributed by atoms with E-state index in [1.807, 2.05) is 55.5 Å². The fourth-order valence-corrected chi connectivity index (χ4v) is 2.52. The summed E-state index contributed by atoms with van der Waals surface area (Å²) in [5.41, 5.74) is 3.57. The Balaban J connectivity index is 1.88. The van der Waals surface area contributed by atoms with Crippen LogP contribution >= 0.6 is 0 Å². The van der Waals surface area contributed by atoms with Gasteiger partial charge in [0.05, 0.1) is 6.04 Å². The predicted octanol–water partition coefficient (Wildman–Crippen LogP) is 3.41. The molecule has 2 N–H and O–H groups in total. The molecule has 1 atom stereocenters. The number of amides is 1. The molecular weight excluding hydrogens is 310 g/mol. The third kappa shape index (κ3) is 5.50. The molecule has 0 heterocycles. The van der Waals surface area contributed by atoms with Crippen LogP contribution in [0, 0.1) is 18.3 Å². The van der Waals surface area contributed by atoms with Crippen molar-refractivity contribution in [2.75, 3.05) is 6.54 Å².